The van der Waals surface area contributed by atoms with Gasteiger partial charge in [-0.25, -0.2) is 4.98 Å². The first-order valence-corrected chi connectivity index (χ1v) is 4.97. The summed E-state index contributed by atoms with van der Waals surface area (Å²) in [6, 6.07) is 6.98. The highest BCUT2D eigenvalue weighted by Crippen LogP contribution is 2.11. The standard InChI is InChI=1S/C11H13N3O2/c1-16-11(15)7(12)6-10-13-8-4-2-3-5-9(8)14-10/h2-5,7H,6,12H2,1H3,(H,13,14)/t7-/m0/s1. The van der Waals surface area contributed by atoms with Gasteiger partial charge in [0.25, 0.3) is 0 Å². The topological polar surface area (TPSA) is 81.0 Å². The molecule has 2 aromatic rings. The molecule has 0 radical (unpaired) electrons. The number of fused-ring (bicyclic) bond motifs is 1. The Balaban J connectivity index is 2.18. The number of H-pyrrole nitrogens is 1. The first-order chi connectivity index (χ1) is 7.70. The van der Waals surface area contributed by atoms with Crippen molar-refractivity contribution in [1.29, 1.82) is 0 Å². The van der Waals surface area contributed by atoms with E-state index in [2.05, 4.69) is 14.7 Å². The number of rotatable bonds is 3. The molecule has 0 unspecified atom stereocenters. The normalized spacial score (nSPS) is 12.6. The van der Waals surface area contributed by atoms with Crippen molar-refractivity contribution in [3.8, 4) is 0 Å². The van der Waals surface area contributed by atoms with E-state index in [1.54, 1.807) is 0 Å². The van der Waals surface area contributed by atoms with Gasteiger partial charge in [-0.3, -0.25) is 4.79 Å². The number of imidazole rings is 1. The molecule has 0 bridgehead atoms. The van der Waals surface area contributed by atoms with Gasteiger partial charge in [0.05, 0.1) is 18.1 Å². The minimum absolute atomic E-state index is 0.349. The second-order valence-electron chi connectivity index (χ2n) is 3.53. The Bertz CT molecular complexity index is 474. The Morgan fingerprint density at radius 1 is 1.56 bits per heavy atom. The summed E-state index contributed by atoms with van der Waals surface area (Å²) in [5.74, 6) is 0.263. The minimum Gasteiger partial charge on any atom is -0.468 e. The molecule has 84 valence electrons. The van der Waals surface area contributed by atoms with Crippen molar-refractivity contribution < 1.29 is 9.53 Å². The fourth-order valence-electron chi connectivity index (χ4n) is 1.55. The van der Waals surface area contributed by atoms with Crippen molar-refractivity contribution in [1.82, 2.24) is 9.97 Å². The molecule has 1 aromatic heterocycles. The number of nitrogens with one attached hydrogen (secondary N) is 1. The molecule has 0 aliphatic rings. The van der Waals surface area contributed by atoms with E-state index in [9.17, 15) is 4.79 Å². The number of nitrogens with two attached hydrogens (primary N) is 1. The summed E-state index contributed by atoms with van der Waals surface area (Å²) in [5, 5.41) is 0. The Kier molecular flexibility index (Phi) is 2.87. The van der Waals surface area contributed by atoms with Crippen molar-refractivity contribution in [3.63, 3.8) is 0 Å². The van der Waals surface area contributed by atoms with Crippen molar-refractivity contribution in [2.24, 2.45) is 5.73 Å². The summed E-state index contributed by atoms with van der Waals surface area (Å²) >= 11 is 0. The zero-order valence-corrected chi connectivity index (χ0v) is 8.93. The van der Waals surface area contributed by atoms with Gasteiger partial charge < -0.3 is 15.5 Å². The molecule has 0 amide bonds. The lowest BCUT2D eigenvalue weighted by Gasteiger charge is -2.06. The maximum Gasteiger partial charge on any atom is 0.323 e. The first kappa shape index (κ1) is 10.6. The number of hydrogen-bond acceptors (Lipinski definition) is 4. The van der Waals surface area contributed by atoms with Gasteiger partial charge in [0.2, 0.25) is 0 Å². The predicted molar refractivity (Wildman–Crippen MR) is 59.8 cm³/mol. The van der Waals surface area contributed by atoms with Gasteiger partial charge in [-0.05, 0) is 12.1 Å². The molecular formula is C11H13N3O2. The molecule has 1 aromatic carbocycles. The molecule has 2 rings (SSSR count). The monoisotopic (exact) mass is 219 g/mol. The molecule has 1 heterocycles. The lowest BCUT2D eigenvalue weighted by Crippen LogP contribution is -2.33. The molecule has 0 spiro atoms. The van der Waals surface area contributed by atoms with E-state index in [0.717, 1.165) is 11.0 Å². The van der Waals surface area contributed by atoms with Gasteiger partial charge in [0.15, 0.2) is 0 Å². The quantitative estimate of drug-likeness (QED) is 0.741. The first-order valence-electron chi connectivity index (χ1n) is 4.97. The van der Waals surface area contributed by atoms with Crippen LogP contribution < -0.4 is 5.73 Å². The van der Waals surface area contributed by atoms with Crippen LogP contribution in [0, 0.1) is 0 Å². The van der Waals surface area contributed by atoms with E-state index in [-0.39, 0.29) is 0 Å². The smallest absolute Gasteiger partial charge is 0.323 e. The lowest BCUT2D eigenvalue weighted by atomic mass is 10.2. The Hall–Kier alpha value is -1.88. The average molecular weight is 219 g/mol. The van der Waals surface area contributed by atoms with Gasteiger partial charge in [0, 0.05) is 6.42 Å². The highest BCUT2D eigenvalue weighted by Gasteiger charge is 2.16. The lowest BCUT2D eigenvalue weighted by molar-refractivity contribution is -0.142. The third-order valence-electron chi connectivity index (χ3n) is 2.36. The van der Waals surface area contributed by atoms with Gasteiger partial charge in [-0.2, -0.15) is 0 Å². The van der Waals surface area contributed by atoms with E-state index in [1.165, 1.54) is 7.11 Å². The summed E-state index contributed by atoms with van der Waals surface area (Å²) in [7, 11) is 1.32. The summed E-state index contributed by atoms with van der Waals surface area (Å²) < 4.78 is 4.55. The number of benzene rings is 1. The summed E-state index contributed by atoms with van der Waals surface area (Å²) in [4.78, 5) is 18.6. The molecule has 3 N–H and O–H groups in total. The number of carbonyl (C=O) groups is 1. The molecule has 1 atom stereocenters. The van der Waals surface area contributed by atoms with Gasteiger partial charge >= 0.3 is 5.97 Å². The molecule has 0 saturated heterocycles. The fraction of sp³-hybridized carbons (Fsp3) is 0.273. The van der Waals surface area contributed by atoms with E-state index in [1.807, 2.05) is 24.3 Å². The van der Waals surface area contributed by atoms with Crippen molar-refractivity contribution >= 4 is 17.0 Å². The molecule has 0 aliphatic heterocycles. The number of nitrogens with zero attached hydrogens (tertiary/aromatic N) is 1. The maximum absolute atomic E-state index is 11.1. The number of aromatic nitrogens is 2. The predicted octanol–water partition coefficient (Wildman–Crippen LogP) is 0.606. The third kappa shape index (κ3) is 2.04. The van der Waals surface area contributed by atoms with Crippen molar-refractivity contribution in [2.45, 2.75) is 12.5 Å². The Morgan fingerprint density at radius 3 is 3.00 bits per heavy atom. The molecule has 0 fully saturated rings. The van der Waals surface area contributed by atoms with Crippen LogP contribution in [0.2, 0.25) is 0 Å². The second-order valence-corrected chi connectivity index (χ2v) is 3.53. The number of hydrogen-bond donors (Lipinski definition) is 2. The van der Waals surface area contributed by atoms with Crippen LogP contribution in [0.3, 0.4) is 0 Å². The molecule has 0 aliphatic carbocycles. The van der Waals surface area contributed by atoms with Gasteiger partial charge in [-0.1, -0.05) is 12.1 Å². The molecule has 5 nitrogen and oxygen atoms in total. The average Bonchev–Trinajstić information content (AvgIpc) is 2.69. The van der Waals surface area contributed by atoms with Crippen LogP contribution in [0.5, 0.6) is 0 Å². The SMILES string of the molecule is COC(=O)[C@@H](N)Cc1nc2ccccc2[nH]1. The van der Waals surface area contributed by atoms with E-state index in [4.69, 9.17) is 5.73 Å². The molecule has 0 saturated carbocycles. The van der Waals surface area contributed by atoms with Crippen LogP contribution in [-0.4, -0.2) is 29.1 Å². The number of para-hydroxylation sites is 2. The largest absolute Gasteiger partial charge is 0.468 e. The number of aromatic amines is 1. The van der Waals surface area contributed by atoms with Gasteiger partial charge in [-0.15, -0.1) is 0 Å². The molecule has 5 heteroatoms. The Labute approximate surface area is 92.6 Å². The zero-order chi connectivity index (χ0) is 11.5. The highest BCUT2D eigenvalue weighted by molar-refractivity contribution is 5.77. The number of carbonyl (C=O) groups excluding carboxylic acids is 1. The second kappa shape index (κ2) is 4.32. The van der Waals surface area contributed by atoms with E-state index in [0.29, 0.717) is 12.2 Å². The molecule has 16 heavy (non-hydrogen) atoms. The van der Waals surface area contributed by atoms with Crippen LogP contribution >= 0.6 is 0 Å². The fourth-order valence-corrected chi connectivity index (χ4v) is 1.55. The van der Waals surface area contributed by atoms with Crippen LogP contribution in [0.15, 0.2) is 24.3 Å². The highest BCUT2D eigenvalue weighted by atomic mass is 16.5. The minimum atomic E-state index is -0.675. The van der Waals surface area contributed by atoms with Gasteiger partial charge in [0.1, 0.15) is 11.9 Å². The van der Waals surface area contributed by atoms with Crippen LogP contribution in [0.4, 0.5) is 0 Å². The van der Waals surface area contributed by atoms with E-state index >= 15 is 0 Å². The van der Waals surface area contributed by atoms with Crippen molar-refractivity contribution in [3.05, 3.63) is 30.1 Å². The summed E-state index contributed by atoms with van der Waals surface area (Å²) in [6.45, 7) is 0. The Morgan fingerprint density at radius 2 is 2.31 bits per heavy atom. The summed E-state index contributed by atoms with van der Waals surface area (Å²) in [6.07, 6.45) is 0.349. The number of ether oxygens (including phenoxy) is 1. The third-order valence-corrected chi connectivity index (χ3v) is 2.36. The zero-order valence-electron chi connectivity index (χ0n) is 8.93. The van der Waals surface area contributed by atoms with Crippen molar-refractivity contribution in [2.75, 3.05) is 7.11 Å². The van der Waals surface area contributed by atoms with E-state index < -0.39 is 12.0 Å². The number of methoxy groups -OCH3 is 1. The maximum atomic E-state index is 11.1. The summed E-state index contributed by atoms with van der Waals surface area (Å²) in [5.41, 5.74) is 7.46. The van der Waals surface area contributed by atoms with Crippen LogP contribution in [0.25, 0.3) is 11.0 Å². The van der Waals surface area contributed by atoms with Crippen LogP contribution in [0.1, 0.15) is 5.82 Å². The number of esters is 1. The van der Waals surface area contributed by atoms with Crippen LogP contribution in [-0.2, 0) is 16.0 Å². The molecular weight excluding hydrogens is 206 g/mol.